The molecule has 2 aliphatic heterocycles. The van der Waals surface area contributed by atoms with Gasteiger partial charge in [0.1, 0.15) is 24.4 Å². The molecule has 2 fully saturated rings. The number of piperidine rings is 1. The zero-order valence-corrected chi connectivity index (χ0v) is 24.4. The minimum absolute atomic E-state index is 0.0144. The molecule has 0 saturated carbocycles. The Balaban J connectivity index is 1.58. The summed E-state index contributed by atoms with van der Waals surface area (Å²) in [5.41, 5.74) is 2.28. The van der Waals surface area contributed by atoms with Gasteiger partial charge in [-0.15, -0.1) is 0 Å². The van der Waals surface area contributed by atoms with Crippen molar-refractivity contribution in [2.75, 3.05) is 46.9 Å². The summed E-state index contributed by atoms with van der Waals surface area (Å²) in [4.78, 5) is 66.6. The first-order valence-corrected chi connectivity index (χ1v) is 14.3. The summed E-state index contributed by atoms with van der Waals surface area (Å²) in [5.74, 6) is -2.57. The second-order valence-corrected chi connectivity index (χ2v) is 10.7. The second kappa shape index (κ2) is 14.6. The van der Waals surface area contributed by atoms with Crippen molar-refractivity contribution in [1.82, 2.24) is 20.4 Å². The molecule has 12 heteroatoms. The van der Waals surface area contributed by atoms with Gasteiger partial charge in [0.25, 0.3) is 5.91 Å². The molecule has 2 aromatic carbocycles. The summed E-state index contributed by atoms with van der Waals surface area (Å²) in [6, 6.07) is 12.1. The summed E-state index contributed by atoms with van der Waals surface area (Å²) in [6.45, 7) is 1.30. The van der Waals surface area contributed by atoms with Crippen molar-refractivity contribution in [2.45, 2.75) is 43.7 Å². The molecule has 3 N–H and O–H groups in total. The van der Waals surface area contributed by atoms with Crippen LogP contribution < -0.4 is 15.4 Å². The predicted molar refractivity (Wildman–Crippen MR) is 156 cm³/mol. The Hall–Kier alpha value is -4.45. The van der Waals surface area contributed by atoms with E-state index in [2.05, 4.69) is 10.6 Å². The van der Waals surface area contributed by atoms with Crippen LogP contribution in [0.2, 0.25) is 0 Å². The molecule has 2 atom stereocenters. The molecule has 230 valence electrons. The van der Waals surface area contributed by atoms with E-state index < -0.39 is 54.7 Å². The van der Waals surface area contributed by atoms with E-state index in [0.717, 1.165) is 42.0 Å². The zero-order chi connectivity index (χ0) is 30.9. The number of benzene rings is 2. The highest BCUT2D eigenvalue weighted by Crippen LogP contribution is 2.25. The van der Waals surface area contributed by atoms with E-state index in [4.69, 9.17) is 9.47 Å². The molecule has 0 aromatic heterocycles. The second-order valence-electron chi connectivity index (χ2n) is 10.7. The summed E-state index contributed by atoms with van der Waals surface area (Å²) in [5, 5.41) is 15.4. The number of carboxylic acids is 1. The van der Waals surface area contributed by atoms with E-state index in [0.29, 0.717) is 17.2 Å². The highest BCUT2D eigenvalue weighted by Gasteiger charge is 2.42. The number of carbonyl (C=O) groups is 5. The van der Waals surface area contributed by atoms with Gasteiger partial charge in [0.2, 0.25) is 11.8 Å². The summed E-state index contributed by atoms with van der Waals surface area (Å²) >= 11 is 0. The molecule has 4 rings (SSSR count). The summed E-state index contributed by atoms with van der Waals surface area (Å²) < 4.78 is 9.98. The number of hydrogen-bond acceptors (Lipinski definition) is 8. The molecule has 3 amide bonds. The van der Waals surface area contributed by atoms with Crippen molar-refractivity contribution in [3.8, 4) is 5.75 Å². The Morgan fingerprint density at radius 2 is 1.67 bits per heavy atom. The standard InChI is InChI=1S/C31H38N4O8/c1-42-24-9-3-20(4-10-24)17-25(33-29(39)23-7-5-21(6-8-23)22-11-13-32-14-12-22)30(40)35-16-15-34(19-27(36)37)31(41)26(35)18-28(38)43-2/h3-10,22,25-26,32H,11-19H2,1-2H3,(H,33,39)(H,36,37). The normalized spacial score (nSPS) is 18.1. The first-order chi connectivity index (χ1) is 20.7. The summed E-state index contributed by atoms with van der Waals surface area (Å²) in [7, 11) is 2.71. The van der Waals surface area contributed by atoms with Crippen LogP contribution in [-0.2, 0) is 30.3 Å². The molecular weight excluding hydrogens is 556 g/mol. The Morgan fingerprint density at radius 3 is 2.28 bits per heavy atom. The quantitative estimate of drug-likeness (QED) is 0.326. The number of ether oxygens (including phenoxy) is 2. The van der Waals surface area contributed by atoms with Crippen LogP contribution in [0.4, 0.5) is 0 Å². The van der Waals surface area contributed by atoms with Crippen LogP contribution in [0, 0.1) is 0 Å². The monoisotopic (exact) mass is 594 g/mol. The molecule has 2 saturated heterocycles. The Kier molecular flexibility index (Phi) is 10.7. The number of rotatable bonds is 11. The number of amides is 3. The lowest BCUT2D eigenvalue weighted by molar-refractivity contribution is -0.159. The Bertz CT molecular complexity index is 1310. The fourth-order valence-electron chi connectivity index (χ4n) is 5.56. The molecule has 2 unspecified atom stereocenters. The van der Waals surface area contributed by atoms with Crippen LogP contribution in [0.3, 0.4) is 0 Å². The van der Waals surface area contributed by atoms with E-state index in [9.17, 15) is 29.1 Å². The molecule has 2 aromatic rings. The van der Waals surface area contributed by atoms with Gasteiger partial charge in [-0.1, -0.05) is 24.3 Å². The molecule has 0 spiro atoms. The molecule has 0 bridgehead atoms. The lowest BCUT2D eigenvalue weighted by Crippen LogP contribution is -2.63. The van der Waals surface area contributed by atoms with Gasteiger partial charge in [-0.3, -0.25) is 24.0 Å². The average Bonchev–Trinajstić information content (AvgIpc) is 3.03. The molecule has 2 heterocycles. The topological polar surface area (TPSA) is 155 Å². The number of esters is 1. The first kappa shape index (κ1) is 31.5. The number of carbonyl (C=O) groups excluding carboxylic acids is 4. The van der Waals surface area contributed by atoms with Crippen LogP contribution >= 0.6 is 0 Å². The molecule has 0 aliphatic carbocycles. The van der Waals surface area contributed by atoms with Gasteiger partial charge in [-0.2, -0.15) is 0 Å². The van der Waals surface area contributed by atoms with E-state index in [-0.39, 0.29) is 19.5 Å². The maximum atomic E-state index is 14.0. The van der Waals surface area contributed by atoms with Crippen LogP contribution in [-0.4, -0.2) is 104 Å². The van der Waals surface area contributed by atoms with Gasteiger partial charge in [0, 0.05) is 25.1 Å². The van der Waals surface area contributed by atoms with Crippen LogP contribution in [0.1, 0.15) is 46.7 Å². The predicted octanol–water partition coefficient (Wildman–Crippen LogP) is 1.19. The first-order valence-electron chi connectivity index (χ1n) is 14.3. The number of piperazine rings is 1. The van der Waals surface area contributed by atoms with Gasteiger partial charge in [0.15, 0.2) is 0 Å². The van der Waals surface area contributed by atoms with Gasteiger partial charge in [0.05, 0.1) is 20.6 Å². The van der Waals surface area contributed by atoms with Crippen LogP contribution in [0.25, 0.3) is 0 Å². The highest BCUT2D eigenvalue weighted by atomic mass is 16.5. The Morgan fingerprint density at radius 1 is 1.00 bits per heavy atom. The van der Waals surface area contributed by atoms with Crippen molar-refractivity contribution in [1.29, 1.82) is 0 Å². The highest BCUT2D eigenvalue weighted by molar-refractivity contribution is 5.99. The van der Waals surface area contributed by atoms with E-state index in [1.165, 1.54) is 12.0 Å². The fourth-order valence-corrected chi connectivity index (χ4v) is 5.56. The molecule has 2 aliphatic rings. The van der Waals surface area contributed by atoms with Gasteiger partial charge >= 0.3 is 11.9 Å². The molecular formula is C31H38N4O8. The van der Waals surface area contributed by atoms with Crippen molar-refractivity contribution in [3.05, 3.63) is 65.2 Å². The number of nitrogens with one attached hydrogen (secondary N) is 2. The fraction of sp³-hybridized carbons (Fsp3) is 0.452. The summed E-state index contributed by atoms with van der Waals surface area (Å²) in [6.07, 6.45) is 1.71. The molecule has 12 nitrogen and oxygen atoms in total. The van der Waals surface area contributed by atoms with E-state index >= 15 is 0 Å². The van der Waals surface area contributed by atoms with Crippen molar-refractivity contribution < 1.29 is 38.6 Å². The lowest BCUT2D eigenvalue weighted by Gasteiger charge is -2.41. The number of nitrogens with zero attached hydrogens (tertiary/aromatic N) is 2. The number of hydrogen-bond donors (Lipinski definition) is 3. The van der Waals surface area contributed by atoms with Crippen LogP contribution in [0.5, 0.6) is 5.75 Å². The zero-order valence-electron chi connectivity index (χ0n) is 24.4. The molecule has 43 heavy (non-hydrogen) atoms. The minimum atomic E-state index is -1.27. The lowest BCUT2D eigenvalue weighted by atomic mass is 9.90. The van der Waals surface area contributed by atoms with E-state index in [1.807, 2.05) is 12.1 Å². The number of aliphatic carboxylic acids is 1. The third-order valence-electron chi connectivity index (χ3n) is 7.97. The van der Waals surface area contributed by atoms with Crippen molar-refractivity contribution >= 4 is 29.7 Å². The van der Waals surface area contributed by atoms with Gasteiger partial charge < -0.3 is 35.0 Å². The largest absolute Gasteiger partial charge is 0.497 e. The van der Waals surface area contributed by atoms with Crippen molar-refractivity contribution in [3.63, 3.8) is 0 Å². The Labute approximate surface area is 250 Å². The minimum Gasteiger partial charge on any atom is -0.497 e. The number of carboxylic acid groups (broad SMARTS) is 1. The molecule has 0 radical (unpaired) electrons. The number of methoxy groups -OCH3 is 2. The third kappa shape index (κ3) is 8.10. The maximum Gasteiger partial charge on any atom is 0.323 e. The van der Waals surface area contributed by atoms with Crippen LogP contribution in [0.15, 0.2) is 48.5 Å². The van der Waals surface area contributed by atoms with Gasteiger partial charge in [-0.05, 0) is 67.2 Å². The van der Waals surface area contributed by atoms with Gasteiger partial charge in [-0.25, -0.2) is 0 Å². The third-order valence-corrected chi connectivity index (χ3v) is 7.97. The van der Waals surface area contributed by atoms with E-state index in [1.54, 1.807) is 43.5 Å². The SMILES string of the molecule is COC(=O)CC1C(=O)N(CC(=O)O)CCN1C(=O)C(Cc1ccc(OC)cc1)NC(=O)c1ccc(C2CCNCC2)cc1. The maximum absolute atomic E-state index is 14.0. The smallest absolute Gasteiger partial charge is 0.323 e. The van der Waals surface area contributed by atoms with Crippen molar-refractivity contribution in [2.24, 2.45) is 0 Å². The average molecular weight is 595 g/mol.